The molecule has 1 aromatic heterocycles. The predicted molar refractivity (Wildman–Crippen MR) is 70.4 cm³/mol. The summed E-state index contributed by atoms with van der Waals surface area (Å²) in [5.41, 5.74) is 2.25. The molecule has 18 heavy (non-hydrogen) atoms. The molecule has 0 spiro atoms. The Labute approximate surface area is 108 Å². The first-order valence-electron chi connectivity index (χ1n) is 6.15. The van der Waals surface area contributed by atoms with Gasteiger partial charge in [0, 0.05) is 13.2 Å². The van der Waals surface area contributed by atoms with Crippen LogP contribution in [0.2, 0.25) is 0 Å². The number of nitriles is 1. The van der Waals surface area contributed by atoms with Crippen molar-refractivity contribution in [2.75, 3.05) is 18.5 Å². The molecule has 0 fully saturated rings. The first-order chi connectivity index (χ1) is 8.56. The third kappa shape index (κ3) is 3.97. The van der Waals surface area contributed by atoms with Gasteiger partial charge in [-0.15, -0.1) is 5.10 Å². The van der Waals surface area contributed by atoms with E-state index in [0.29, 0.717) is 18.0 Å². The largest absolute Gasteiger partial charge is 0.379 e. The van der Waals surface area contributed by atoms with Crippen molar-refractivity contribution in [2.24, 2.45) is 0 Å². The molecule has 98 valence electrons. The number of nitrogens with zero attached hydrogens (tertiary/aromatic N) is 3. The number of nitrogens with one attached hydrogen (secondary N) is 1. The summed E-state index contributed by atoms with van der Waals surface area (Å²) in [6.07, 6.45) is 1.12. The van der Waals surface area contributed by atoms with Crippen LogP contribution in [0.15, 0.2) is 0 Å². The van der Waals surface area contributed by atoms with Gasteiger partial charge in [0.1, 0.15) is 11.6 Å². The Bertz CT molecular complexity index is 437. The van der Waals surface area contributed by atoms with E-state index < -0.39 is 0 Å². The van der Waals surface area contributed by atoms with Gasteiger partial charge in [0.25, 0.3) is 0 Å². The third-order valence-corrected chi connectivity index (χ3v) is 2.63. The van der Waals surface area contributed by atoms with Gasteiger partial charge in [0.15, 0.2) is 5.82 Å². The topological polar surface area (TPSA) is 70.8 Å². The van der Waals surface area contributed by atoms with E-state index in [1.165, 1.54) is 0 Å². The molecule has 0 radical (unpaired) electrons. The molecule has 5 heteroatoms. The first-order valence-corrected chi connectivity index (χ1v) is 6.15. The predicted octanol–water partition coefficient (Wildman–Crippen LogP) is 2.19. The lowest BCUT2D eigenvalue weighted by Gasteiger charge is -2.10. The smallest absolute Gasteiger partial charge is 0.166 e. The van der Waals surface area contributed by atoms with Crippen LogP contribution in [0, 0.1) is 25.2 Å². The molecule has 1 aromatic rings. The number of aryl methyl sites for hydroxylation is 1. The Kier molecular flexibility index (Phi) is 5.53. The van der Waals surface area contributed by atoms with Gasteiger partial charge in [-0.1, -0.05) is 0 Å². The van der Waals surface area contributed by atoms with Crippen LogP contribution < -0.4 is 5.32 Å². The van der Waals surface area contributed by atoms with Crippen LogP contribution in [-0.4, -0.2) is 29.5 Å². The van der Waals surface area contributed by atoms with Crippen LogP contribution in [0.4, 0.5) is 5.82 Å². The Morgan fingerprint density at radius 3 is 2.67 bits per heavy atom. The van der Waals surface area contributed by atoms with E-state index >= 15 is 0 Å². The van der Waals surface area contributed by atoms with Crippen molar-refractivity contribution in [3.05, 3.63) is 16.8 Å². The molecular formula is C13H20N4O. The average Bonchev–Trinajstić information content (AvgIpc) is 2.33. The van der Waals surface area contributed by atoms with Gasteiger partial charge in [-0.25, -0.2) is 0 Å². The quantitative estimate of drug-likeness (QED) is 0.781. The summed E-state index contributed by atoms with van der Waals surface area (Å²) < 4.78 is 5.44. The normalized spacial score (nSPS) is 10.4. The summed E-state index contributed by atoms with van der Waals surface area (Å²) in [6, 6.07) is 2.17. The molecule has 0 atom stereocenters. The van der Waals surface area contributed by atoms with Crippen molar-refractivity contribution < 1.29 is 4.74 Å². The average molecular weight is 248 g/mol. The first kappa shape index (κ1) is 14.4. The summed E-state index contributed by atoms with van der Waals surface area (Å²) in [6.45, 7) is 9.18. The molecule has 1 rings (SSSR count). The highest BCUT2D eigenvalue weighted by atomic mass is 16.5. The lowest BCUT2D eigenvalue weighted by molar-refractivity contribution is 0.0787. The number of ether oxygens (including phenoxy) is 1. The van der Waals surface area contributed by atoms with E-state index in [1.54, 1.807) is 0 Å². The second kappa shape index (κ2) is 6.92. The summed E-state index contributed by atoms with van der Waals surface area (Å²) in [5.74, 6) is 0.560. The standard InChI is InChI=1S/C13H20N4O/c1-9(2)18-7-5-6-15-13-12(8-14)10(3)11(4)16-17-13/h9H,5-7H2,1-4H3,(H,15,17). The van der Waals surface area contributed by atoms with Gasteiger partial charge in [0.2, 0.25) is 0 Å². The van der Waals surface area contributed by atoms with Crippen molar-refractivity contribution in [3.8, 4) is 6.07 Å². The van der Waals surface area contributed by atoms with E-state index in [0.717, 1.165) is 24.2 Å². The maximum absolute atomic E-state index is 9.12. The molecule has 0 bridgehead atoms. The lowest BCUT2D eigenvalue weighted by atomic mass is 10.1. The van der Waals surface area contributed by atoms with Gasteiger partial charge in [-0.05, 0) is 39.7 Å². The van der Waals surface area contributed by atoms with Gasteiger partial charge in [0.05, 0.1) is 11.8 Å². The van der Waals surface area contributed by atoms with Crippen LogP contribution in [0.5, 0.6) is 0 Å². The summed E-state index contributed by atoms with van der Waals surface area (Å²) in [4.78, 5) is 0. The van der Waals surface area contributed by atoms with Crippen molar-refractivity contribution in [1.29, 1.82) is 5.26 Å². The van der Waals surface area contributed by atoms with E-state index in [-0.39, 0.29) is 6.10 Å². The van der Waals surface area contributed by atoms with Crippen molar-refractivity contribution in [1.82, 2.24) is 10.2 Å². The molecule has 0 saturated carbocycles. The Balaban J connectivity index is 2.53. The minimum absolute atomic E-state index is 0.251. The molecule has 5 nitrogen and oxygen atoms in total. The highest BCUT2D eigenvalue weighted by Crippen LogP contribution is 2.16. The van der Waals surface area contributed by atoms with Crippen molar-refractivity contribution in [3.63, 3.8) is 0 Å². The second-order valence-electron chi connectivity index (χ2n) is 4.45. The Morgan fingerprint density at radius 2 is 2.06 bits per heavy atom. The summed E-state index contributed by atoms with van der Waals surface area (Å²) in [5, 5.41) is 20.3. The fourth-order valence-corrected chi connectivity index (χ4v) is 1.47. The number of aromatic nitrogens is 2. The maximum atomic E-state index is 9.12. The zero-order valence-corrected chi connectivity index (χ0v) is 11.4. The van der Waals surface area contributed by atoms with Crippen LogP contribution >= 0.6 is 0 Å². The molecule has 0 unspecified atom stereocenters. The zero-order chi connectivity index (χ0) is 13.5. The van der Waals surface area contributed by atoms with E-state index in [4.69, 9.17) is 10.00 Å². The Morgan fingerprint density at radius 1 is 1.33 bits per heavy atom. The summed E-state index contributed by atoms with van der Waals surface area (Å²) in [7, 11) is 0. The molecule has 0 saturated heterocycles. The molecule has 1 N–H and O–H groups in total. The Hall–Kier alpha value is -1.67. The molecule has 0 aliphatic rings. The monoisotopic (exact) mass is 248 g/mol. The van der Waals surface area contributed by atoms with E-state index in [2.05, 4.69) is 21.6 Å². The van der Waals surface area contributed by atoms with Crippen LogP contribution in [-0.2, 0) is 4.74 Å². The highest BCUT2D eigenvalue weighted by molar-refractivity contribution is 5.55. The second-order valence-corrected chi connectivity index (χ2v) is 4.45. The fraction of sp³-hybridized carbons (Fsp3) is 0.615. The van der Waals surface area contributed by atoms with Gasteiger partial charge >= 0.3 is 0 Å². The molecule has 0 aromatic carbocycles. The molecule has 0 amide bonds. The van der Waals surface area contributed by atoms with Gasteiger partial charge < -0.3 is 10.1 Å². The maximum Gasteiger partial charge on any atom is 0.166 e. The van der Waals surface area contributed by atoms with E-state index in [9.17, 15) is 0 Å². The number of hydrogen-bond donors (Lipinski definition) is 1. The van der Waals surface area contributed by atoms with E-state index in [1.807, 2.05) is 27.7 Å². The van der Waals surface area contributed by atoms with Gasteiger partial charge in [-0.3, -0.25) is 0 Å². The molecule has 0 aliphatic carbocycles. The third-order valence-electron chi connectivity index (χ3n) is 2.63. The molecule has 1 heterocycles. The fourth-order valence-electron chi connectivity index (χ4n) is 1.47. The summed E-state index contributed by atoms with van der Waals surface area (Å²) >= 11 is 0. The van der Waals surface area contributed by atoms with Crippen LogP contribution in [0.3, 0.4) is 0 Å². The van der Waals surface area contributed by atoms with Crippen molar-refractivity contribution in [2.45, 2.75) is 40.2 Å². The molecule has 0 aliphatic heterocycles. The lowest BCUT2D eigenvalue weighted by Crippen LogP contribution is -2.12. The minimum Gasteiger partial charge on any atom is -0.379 e. The van der Waals surface area contributed by atoms with Gasteiger partial charge in [-0.2, -0.15) is 10.4 Å². The zero-order valence-electron chi connectivity index (χ0n) is 11.4. The minimum atomic E-state index is 0.251. The number of anilines is 1. The van der Waals surface area contributed by atoms with Crippen LogP contribution in [0.25, 0.3) is 0 Å². The van der Waals surface area contributed by atoms with Crippen molar-refractivity contribution >= 4 is 5.82 Å². The number of hydrogen-bond acceptors (Lipinski definition) is 5. The number of rotatable bonds is 6. The SMILES string of the molecule is Cc1nnc(NCCCOC(C)C)c(C#N)c1C. The van der Waals surface area contributed by atoms with Crippen LogP contribution in [0.1, 0.15) is 37.1 Å². The molecular weight excluding hydrogens is 228 g/mol. The highest BCUT2D eigenvalue weighted by Gasteiger charge is 2.09.